The van der Waals surface area contributed by atoms with E-state index in [9.17, 15) is 4.57 Å². The molecular formula is C33H21OP. The van der Waals surface area contributed by atoms with Gasteiger partial charge >= 0.3 is 0 Å². The summed E-state index contributed by atoms with van der Waals surface area (Å²) in [4.78, 5) is 0. The fourth-order valence-electron chi connectivity index (χ4n) is 6.31. The summed E-state index contributed by atoms with van der Waals surface area (Å²) in [6.45, 7) is 1.95. The van der Waals surface area contributed by atoms with Crippen LogP contribution in [0.25, 0.3) is 64.6 Å². The Labute approximate surface area is 202 Å². The minimum atomic E-state index is -2.91. The van der Waals surface area contributed by atoms with Crippen LogP contribution in [0.1, 0.15) is 0 Å². The van der Waals surface area contributed by atoms with Gasteiger partial charge in [-0.25, -0.2) is 0 Å². The number of rotatable bonds is 2. The minimum absolute atomic E-state index is 0.943. The van der Waals surface area contributed by atoms with Gasteiger partial charge in [0.05, 0.1) is 0 Å². The van der Waals surface area contributed by atoms with Crippen molar-refractivity contribution in [2.45, 2.75) is 0 Å². The molecule has 0 fully saturated rings. The summed E-state index contributed by atoms with van der Waals surface area (Å²) in [6, 6.07) is 38.8. The van der Waals surface area contributed by atoms with Gasteiger partial charge in [0.15, 0.2) is 0 Å². The quantitative estimate of drug-likeness (QED) is 0.185. The lowest BCUT2D eigenvalue weighted by atomic mass is 9.94. The standard InChI is InChI=1S/C33H21OP/c1-35(34,28-18-14-24-10-8-20-4-2-6-22-12-16-26(28)32(24)30(20)22)29-19-15-25-11-9-21-5-3-7-23-13-17-27(29)33(25)31(21)23/h2-19H,1H3. The molecule has 0 saturated heterocycles. The summed E-state index contributed by atoms with van der Waals surface area (Å²) < 4.78 is 14.9. The third kappa shape index (κ3) is 2.46. The highest BCUT2D eigenvalue weighted by Gasteiger charge is 2.27. The molecule has 0 saturated carbocycles. The number of benzene rings is 8. The van der Waals surface area contributed by atoms with Crippen LogP contribution < -0.4 is 10.6 Å². The Kier molecular flexibility index (Phi) is 3.65. The largest absolute Gasteiger partial charge is 0.314 e. The van der Waals surface area contributed by atoms with Crippen molar-refractivity contribution >= 4 is 82.4 Å². The summed E-state index contributed by atoms with van der Waals surface area (Å²) in [7, 11) is -2.91. The van der Waals surface area contributed by atoms with Crippen molar-refractivity contribution in [1.29, 1.82) is 0 Å². The monoisotopic (exact) mass is 464 g/mol. The second kappa shape index (κ2) is 6.60. The van der Waals surface area contributed by atoms with Crippen LogP contribution in [0.15, 0.2) is 109 Å². The SMILES string of the molecule is CP(=O)(c1ccc2ccc3cccc4ccc1c2c34)c1ccc2ccc3cccc4ccc1c2c34. The van der Waals surface area contributed by atoms with Crippen molar-refractivity contribution in [3.8, 4) is 0 Å². The van der Waals surface area contributed by atoms with Crippen molar-refractivity contribution in [2.75, 3.05) is 6.66 Å². The van der Waals surface area contributed by atoms with Gasteiger partial charge in [0.2, 0.25) is 0 Å². The molecule has 164 valence electrons. The van der Waals surface area contributed by atoms with E-state index in [0.29, 0.717) is 0 Å². The van der Waals surface area contributed by atoms with Gasteiger partial charge in [-0.3, -0.25) is 0 Å². The van der Waals surface area contributed by atoms with Crippen LogP contribution in [0.2, 0.25) is 0 Å². The fraction of sp³-hybridized carbons (Fsp3) is 0.0303. The molecule has 0 amide bonds. The van der Waals surface area contributed by atoms with E-state index in [1.165, 1.54) is 53.9 Å². The highest BCUT2D eigenvalue weighted by Crippen LogP contribution is 2.47. The Morgan fingerprint density at radius 3 is 1.11 bits per heavy atom. The van der Waals surface area contributed by atoms with Gasteiger partial charge in [0, 0.05) is 10.6 Å². The molecule has 0 bridgehead atoms. The van der Waals surface area contributed by atoms with Crippen LogP contribution in [-0.4, -0.2) is 6.66 Å². The first-order valence-corrected chi connectivity index (χ1v) is 14.2. The lowest BCUT2D eigenvalue weighted by Gasteiger charge is -2.21. The zero-order valence-electron chi connectivity index (χ0n) is 19.2. The maximum absolute atomic E-state index is 14.9. The molecule has 0 spiro atoms. The molecule has 8 aromatic rings. The smallest absolute Gasteiger partial charge is 0.141 e. The average Bonchev–Trinajstić information content (AvgIpc) is 2.90. The van der Waals surface area contributed by atoms with Gasteiger partial charge in [-0.05, 0) is 83.4 Å². The Balaban J connectivity index is 1.49. The van der Waals surface area contributed by atoms with Crippen molar-refractivity contribution in [3.63, 3.8) is 0 Å². The Morgan fingerprint density at radius 2 is 0.714 bits per heavy atom. The molecular weight excluding hydrogens is 443 g/mol. The van der Waals surface area contributed by atoms with Gasteiger partial charge in [-0.1, -0.05) is 97.1 Å². The van der Waals surface area contributed by atoms with Crippen LogP contribution in [0.4, 0.5) is 0 Å². The minimum Gasteiger partial charge on any atom is -0.314 e. The first kappa shape index (κ1) is 19.4. The molecule has 0 aromatic heterocycles. The van der Waals surface area contributed by atoms with Gasteiger partial charge in [0.25, 0.3) is 0 Å². The molecule has 0 aliphatic heterocycles. The Bertz CT molecular complexity index is 1970. The highest BCUT2D eigenvalue weighted by molar-refractivity contribution is 7.79. The van der Waals surface area contributed by atoms with Gasteiger partial charge in [-0.15, -0.1) is 0 Å². The van der Waals surface area contributed by atoms with Crippen molar-refractivity contribution in [3.05, 3.63) is 109 Å². The molecule has 35 heavy (non-hydrogen) atoms. The molecule has 2 heteroatoms. The lowest BCUT2D eigenvalue weighted by Crippen LogP contribution is -2.17. The van der Waals surface area contributed by atoms with E-state index in [4.69, 9.17) is 0 Å². The normalized spacial score (nSPS) is 12.8. The molecule has 0 radical (unpaired) electrons. The van der Waals surface area contributed by atoms with E-state index >= 15 is 0 Å². The number of hydrogen-bond acceptors (Lipinski definition) is 1. The van der Waals surface area contributed by atoms with Gasteiger partial charge in [-0.2, -0.15) is 0 Å². The maximum atomic E-state index is 14.9. The molecule has 0 unspecified atom stereocenters. The van der Waals surface area contributed by atoms with E-state index in [1.54, 1.807) is 0 Å². The van der Waals surface area contributed by atoms with Crippen LogP contribution in [0, 0.1) is 0 Å². The molecule has 0 N–H and O–H groups in total. The third-order valence-corrected chi connectivity index (χ3v) is 10.5. The van der Waals surface area contributed by atoms with E-state index < -0.39 is 7.14 Å². The van der Waals surface area contributed by atoms with Crippen molar-refractivity contribution < 1.29 is 4.57 Å². The molecule has 0 atom stereocenters. The summed E-state index contributed by atoms with van der Waals surface area (Å²) >= 11 is 0. The summed E-state index contributed by atoms with van der Waals surface area (Å²) in [6.07, 6.45) is 0. The van der Waals surface area contributed by atoms with Crippen molar-refractivity contribution in [1.82, 2.24) is 0 Å². The van der Waals surface area contributed by atoms with E-state index in [1.807, 2.05) is 6.66 Å². The average molecular weight is 465 g/mol. The van der Waals surface area contributed by atoms with Crippen LogP contribution in [0.5, 0.6) is 0 Å². The third-order valence-electron chi connectivity index (χ3n) is 7.93. The second-order valence-corrected chi connectivity index (χ2v) is 12.6. The second-order valence-electron chi connectivity index (χ2n) is 9.81. The van der Waals surface area contributed by atoms with Gasteiger partial charge in [0.1, 0.15) is 7.14 Å². The maximum Gasteiger partial charge on any atom is 0.141 e. The molecule has 8 aromatic carbocycles. The number of hydrogen-bond donors (Lipinski definition) is 0. The lowest BCUT2D eigenvalue weighted by molar-refractivity contribution is 0.591. The van der Waals surface area contributed by atoms with E-state index in [-0.39, 0.29) is 0 Å². The van der Waals surface area contributed by atoms with Crippen LogP contribution >= 0.6 is 7.14 Å². The molecule has 0 aliphatic rings. The topological polar surface area (TPSA) is 17.1 Å². The zero-order valence-corrected chi connectivity index (χ0v) is 20.1. The zero-order chi connectivity index (χ0) is 23.3. The van der Waals surface area contributed by atoms with E-state index in [2.05, 4.69) is 109 Å². The van der Waals surface area contributed by atoms with E-state index in [0.717, 1.165) is 21.4 Å². The first-order valence-electron chi connectivity index (χ1n) is 12.0. The summed E-state index contributed by atoms with van der Waals surface area (Å²) in [5, 5.41) is 16.4. The predicted molar refractivity (Wildman–Crippen MR) is 153 cm³/mol. The Morgan fingerprint density at radius 1 is 0.400 bits per heavy atom. The predicted octanol–water partition coefficient (Wildman–Crippen LogP) is 8.43. The molecule has 0 aliphatic carbocycles. The molecule has 1 nitrogen and oxygen atoms in total. The summed E-state index contributed by atoms with van der Waals surface area (Å²) in [5.41, 5.74) is 0. The highest BCUT2D eigenvalue weighted by atomic mass is 31.2. The molecule has 8 rings (SSSR count). The van der Waals surface area contributed by atoms with Gasteiger partial charge < -0.3 is 4.57 Å². The van der Waals surface area contributed by atoms with Crippen LogP contribution in [-0.2, 0) is 4.57 Å². The first-order chi connectivity index (χ1) is 17.1. The van der Waals surface area contributed by atoms with Crippen LogP contribution in [0.3, 0.4) is 0 Å². The van der Waals surface area contributed by atoms with Crippen molar-refractivity contribution in [2.24, 2.45) is 0 Å². The molecule has 0 heterocycles. The summed E-state index contributed by atoms with van der Waals surface area (Å²) in [5.74, 6) is 0. The fourth-order valence-corrected chi connectivity index (χ4v) is 8.58. The Hall–Kier alpha value is -3.93.